The largest absolute Gasteiger partial charge is 0.381 e. The lowest BCUT2D eigenvalue weighted by molar-refractivity contribution is -0.120. The lowest BCUT2D eigenvalue weighted by atomic mass is 9.91. The third-order valence-corrected chi connectivity index (χ3v) is 7.16. The number of ether oxygens (including phenoxy) is 1. The van der Waals surface area contributed by atoms with Crippen LogP contribution in [0.3, 0.4) is 0 Å². The zero-order valence-corrected chi connectivity index (χ0v) is 20.8. The van der Waals surface area contributed by atoms with Crippen LogP contribution >= 0.6 is 11.6 Å². The highest BCUT2D eigenvalue weighted by Crippen LogP contribution is 2.32. The van der Waals surface area contributed by atoms with Crippen LogP contribution in [0.2, 0.25) is 5.02 Å². The fourth-order valence-electron chi connectivity index (χ4n) is 4.80. The van der Waals surface area contributed by atoms with E-state index in [0.717, 1.165) is 29.7 Å². The number of nitrogens with zero attached hydrogens (tertiary/aromatic N) is 5. The van der Waals surface area contributed by atoms with Crippen LogP contribution in [0.1, 0.15) is 42.9 Å². The summed E-state index contributed by atoms with van der Waals surface area (Å²) in [6.45, 7) is 3.87. The van der Waals surface area contributed by atoms with Gasteiger partial charge in [0.15, 0.2) is 0 Å². The molecule has 3 heterocycles. The molecule has 0 radical (unpaired) electrons. The fraction of sp³-hybridized carbons (Fsp3) is 0.385. The minimum Gasteiger partial charge on any atom is -0.381 e. The summed E-state index contributed by atoms with van der Waals surface area (Å²) < 4.78 is 8.26. The van der Waals surface area contributed by atoms with E-state index in [0.29, 0.717) is 37.3 Å². The Kier molecular flexibility index (Phi) is 6.93. The Hall–Kier alpha value is -3.43. The maximum absolute atomic E-state index is 13.4. The van der Waals surface area contributed by atoms with Crippen LogP contribution in [-0.2, 0) is 16.1 Å². The Morgan fingerprint density at radius 2 is 1.83 bits per heavy atom. The lowest BCUT2D eigenvalue weighted by Gasteiger charge is -2.21. The van der Waals surface area contributed by atoms with Crippen LogP contribution in [0.15, 0.2) is 64.5 Å². The van der Waals surface area contributed by atoms with Crippen molar-refractivity contribution in [2.24, 2.45) is 16.8 Å². The lowest BCUT2D eigenvalue weighted by Crippen LogP contribution is -2.36. The van der Waals surface area contributed by atoms with Gasteiger partial charge in [-0.3, -0.25) is 4.79 Å². The minimum absolute atomic E-state index is 0.0690. The molecule has 1 unspecified atom stereocenters. The maximum atomic E-state index is 13.4. The number of benzene rings is 2. The molecule has 1 fully saturated rings. The van der Waals surface area contributed by atoms with E-state index < -0.39 is 11.9 Å². The Balaban J connectivity index is 1.57. The molecular formula is C26H29ClN6O3. The first kappa shape index (κ1) is 24.3. The summed E-state index contributed by atoms with van der Waals surface area (Å²) >= 11 is 6.13. The molecule has 1 aromatic heterocycles. The van der Waals surface area contributed by atoms with Crippen LogP contribution in [0.4, 0.5) is 5.95 Å². The molecule has 2 aromatic carbocycles. The van der Waals surface area contributed by atoms with E-state index in [9.17, 15) is 9.59 Å². The van der Waals surface area contributed by atoms with Crippen LogP contribution in [0.25, 0.3) is 0 Å². The normalized spacial score (nSPS) is 19.3. The van der Waals surface area contributed by atoms with E-state index >= 15 is 0 Å². The van der Waals surface area contributed by atoms with Crippen molar-refractivity contribution in [1.82, 2.24) is 14.3 Å². The minimum atomic E-state index is -0.874. The predicted octanol–water partition coefficient (Wildman–Crippen LogP) is 3.18. The number of carbonyl (C=O) groups excluding carboxylic acids is 1. The van der Waals surface area contributed by atoms with E-state index in [1.807, 2.05) is 42.5 Å². The molecule has 3 aromatic rings. The quantitative estimate of drug-likeness (QED) is 0.527. The van der Waals surface area contributed by atoms with Gasteiger partial charge in [-0.25, -0.2) is 19.1 Å². The first-order chi connectivity index (χ1) is 17.4. The average molecular weight is 509 g/mol. The van der Waals surface area contributed by atoms with E-state index in [-0.39, 0.29) is 17.5 Å². The maximum Gasteiger partial charge on any atom is 0.348 e. The molecule has 5 rings (SSSR count). The zero-order chi connectivity index (χ0) is 25.2. The number of hydrogen-bond acceptors (Lipinski definition) is 6. The van der Waals surface area contributed by atoms with Crippen LogP contribution < -0.4 is 16.4 Å². The van der Waals surface area contributed by atoms with Crippen LogP contribution in [0.5, 0.6) is 0 Å². The molecule has 36 heavy (non-hydrogen) atoms. The number of halogens is 1. The molecule has 2 N–H and O–H groups in total. The van der Waals surface area contributed by atoms with Crippen molar-refractivity contribution in [3.63, 3.8) is 0 Å². The molecule has 1 amide bonds. The summed E-state index contributed by atoms with van der Waals surface area (Å²) in [6, 6.07) is 16.7. The zero-order valence-electron chi connectivity index (χ0n) is 20.1. The Bertz CT molecular complexity index is 1310. The van der Waals surface area contributed by atoms with Crippen molar-refractivity contribution < 1.29 is 9.53 Å². The van der Waals surface area contributed by atoms with Crippen molar-refractivity contribution in [3.05, 3.63) is 81.2 Å². The Labute approximate surface area is 214 Å². The smallest absolute Gasteiger partial charge is 0.348 e. The van der Waals surface area contributed by atoms with Gasteiger partial charge in [0, 0.05) is 30.7 Å². The van der Waals surface area contributed by atoms with E-state index in [1.165, 1.54) is 9.25 Å². The fourth-order valence-corrected chi connectivity index (χ4v) is 4.92. The second kappa shape index (κ2) is 10.3. The number of carbonyl (C=O) groups is 1. The number of anilines is 1. The number of aromatic nitrogens is 3. The second-order valence-electron chi connectivity index (χ2n) is 9.31. The van der Waals surface area contributed by atoms with Gasteiger partial charge < -0.3 is 10.5 Å². The Morgan fingerprint density at radius 3 is 2.50 bits per heavy atom. The van der Waals surface area contributed by atoms with Gasteiger partial charge in [0.25, 0.3) is 0 Å². The summed E-state index contributed by atoms with van der Waals surface area (Å²) in [5, 5.41) is 11.9. The van der Waals surface area contributed by atoms with Gasteiger partial charge in [-0.2, -0.15) is 5.10 Å². The molecule has 9 nitrogen and oxygen atoms in total. The summed E-state index contributed by atoms with van der Waals surface area (Å²) in [4.78, 5) is 25.6. The van der Waals surface area contributed by atoms with Gasteiger partial charge in [0.1, 0.15) is 6.04 Å². The van der Waals surface area contributed by atoms with Crippen molar-refractivity contribution in [2.75, 3.05) is 24.8 Å². The Morgan fingerprint density at radius 1 is 1.14 bits per heavy atom. The molecular weight excluding hydrogens is 480 g/mol. The van der Waals surface area contributed by atoms with Gasteiger partial charge >= 0.3 is 5.69 Å². The monoisotopic (exact) mass is 508 g/mol. The van der Waals surface area contributed by atoms with Gasteiger partial charge in [0.05, 0.1) is 12.3 Å². The van der Waals surface area contributed by atoms with Crippen molar-refractivity contribution in [2.45, 2.75) is 38.3 Å². The topological polar surface area (TPSA) is 108 Å². The summed E-state index contributed by atoms with van der Waals surface area (Å²) in [6.07, 6.45) is 1.72. The van der Waals surface area contributed by atoms with E-state index in [2.05, 4.69) is 17.2 Å². The number of hydrazone groups is 1. The molecule has 188 valence electrons. The predicted molar refractivity (Wildman–Crippen MR) is 138 cm³/mol. The summed E-state index contributed by atoms with van der Waals surface area (Å²) in [5.74, 6) is -0.0892. The molecule has 0 bridgehead atoms. The first-order valence-electron chi connectivity index (χ1n) is 12.2. The van der Waals surface area contributed by atoms with Crippen molar-refractivity contribution >= 4 is 29.2 Å². The average Bonchev–Trinajstić information content (AvgIpc) is 3.47. The molecule has 0 spiro atoms. The highest BCUT2D eigenvalue weighted by Gasteiger charge is 2.35. The van der Waals surface area contributed by atoms with E-state index in [1.54, 1.807) is 11.9 Å². The SMILES string of the molecule is CC(C(N)=O)n1c(N2C[C@@H](c3ccccc3)C(c3ccc(Cl)cc3)=N2)nn(CC2CCOCC2)c1=O. The van der Waals surface area contributed by atoms with Gasteiger partial charge in [-0.05, 0) is 48.9 Å². The number of hydrogen-bond donors (Lipinski definition) is 1. The van der Waals surface area contributed by atoms with Crippen LogP contribution in [0, 0.1) is 5.92 Å². The highest BCUT2D eigenvalue weighted by atomic mass is 35.5. The number of rotatable bonds is 7. The molecule has 2 aliphatic rings. The highest BCUT2D eigenvalue weighted by molar-refractivity contribution is 6.30. The van der Waals surface area contributed by atoms with Gasteiger partial charge in [-0.15, -0.1) is 5.10 Å². The molecule has 0 saturated carbocycles. The molecule has 2 atom stereocenters. The first-order valence-corrected chi connectivity index (χ1v) is 12.5. The molecule has 10 heteroatoms. The molecule has 2 aliphatic heterocycles. The summed E-state index contributed by atoms with van der Waals surface area (Å²) in [7, 11) is 0. The third-order valence-electron chi connectivity index (χ3n) is 6.91. The van der Waals surface area contributed by atoms with Gasteiger partial charge in [-0.1, -0.05) is 54.1 Å². The number of nitrogens with two attached hydrogens (primary N) is 1. The molecule has 0 aliphatic carbocycles. The van der Waals surface area contributed by atoms with Crippen molar-refractivity contribution in [1.29, 1.82) is 0 Å². The number of amides is 1. The third kappa shape index (κ3) is 4.81. The van der Waals surface area contributed by atoms with Crippen LogP contribution in [-0.4, -0.2) is 45.7 Å². The van der Waals surface area contributed by atoms with Gasteiger partial charge in [0.2, 0.25) is 11.9 Å². The summed E-state index contributed by atoms with van der Waals surface area (Å²) in [5.41, 5.74) is 8.11. The standard InChI is InChI=1S/C26H29ClN6O3/c1-17(24(28)34)33-25(30-32(26(33)35)15-18-11-13-36-14-12-18)31-16-22(19-5-3-2-4-6-19)23(29-31)20-7-9-21(27)10-8-20/h2-10,17-18,22H,11-16H2,1H3,(H2,28,34)/t17?,22-/m0/s1. The number of primary amides is 1. The molecule has 1 saturated heterocycles. The van der Waals surface area contributed by atoms with E-state index in [4.69, 9.17) is 27.2 Å². The van der Waals surface area contributed by atoms with Crippen molar-refractivity contribution in [3.8, 4) is 0 Å². The second-order valence-corrected chi connectivity index (χ2v) is 9.74.